The molecule has 2 rings (SSSR count). The minimum Gasteiger partial charge on any atom is -0.469 e. The van der Waals surface area contributed by atoms with Gasteiger partial charge in [-0.25, -0.2) is 0 Å². The van der Waals surface area contributed by atoms with Crippen LogP contribution in [0.4, 0.5) is 0 Å². The Kier molecular flexibility index (Phi) is 3.17. The maximum absolute atomic E-state index is 11.9. The van der Waals surface area contributed by atoms with Gasteiger partial charge in [-0.1, -0.05) is 6.92 Å². The monoisotopic (exact) mass is 236 g/mol. The first-order valence-corrected chi connectivity index (χ1v) is 5.75. The smallest absolute Gasteiger partial charge is 0.240 e. The molecule has 0 radical (unpaired) electrons. The van der Waals surface area contributed by atoms with Crippen molar-refractivity contribution >= 4 is 11.8 Å². The zero-order valence-corrected chi connectivity index (χ0v) is 9.76. The first kappa shape index (κ1) is 11.7. The maximum Gasteiger partial charge on any atom is 0.240 e. The van der Waals surface area contributed by atoms with E-state index in [1.54, 1.807) is 17.2 Å². The van der Waals surface area contributed by atoms with E-state index in [0.29, 0.717) is 19.4 Å². The second kappa shape index (κ2) is 4.61. The van der Waals surface area contributed by atoms with E-state index in [2.05, 4.69) is 0 Å². The third kappa shape index (κ3) is 2.18. The number of hydrogen-bond donors (Lipinski definition) is 1. The summed E-state index contributed by atoms with van der Waals surface area (Å²) in [4.78, 5) is 24.7. The molecule has 0 saturated carbocycles. The third-order valence-electron chi connectivity index (χ3n) is 3.20. The van der Waals surface area contributed by atoms with Gasteiger partial charge in [-0.05, 0) is 18.6 Å². The van der Waals surface area contributed by atoms with Crippen molar-refractivity contribution in [3.05, 3.63) is 24.2 Å². The van der Waals surface area contributed by atoms with Gasteiger partial charge in [-0.3, -0.25) is 9.59 Å². The Morgan fingerprint density at radius 2 is 2.47 bits per heavy atom. The zero-order valence-electron chi connectivity index (χ0n) is 9.76. The van der Waals surface area contributed by atoms with E-state index in [1.165, 1.54) is 0 Å². The molecule has 1 aromatic heterocycles. The second-order valence-electron chi connectivity index (χ2n) is 4.29. The van der Waals surface area contributed by atoms with E-state index in [4.69, 9.17) is 10.2 Å². The average Bonchev–Trinajstić information content (AvgIpc) is 2.89. The fourth-order valence-electron chi connectivity index (χ4n) is 2.32. The van der Waals surface area contributed by atoms with Crippen molar-refractivity contribution in [2.45, 2.75) is 31.7 Å². The van der Waals surface area contributed by atoms with Crippen molar-refractivity contribution in [1.82, 2.24) is 4.90 Å². The fourth-order valence-corrected chi connectivity index (χ4v) is 2.32. The number of primary amides is 1. The van der Waals surface area contributed by atoms with Crippen LogP contribution in [0.25, 0.3) is 0 Å². The fraction of sp³-hybridized carbons (Fsp3) is 0.500. The number of nitrogens with two attached hydrogens (primary N) is 1. The molecule has 1 saturated heterocycles. The molecule has 2 unspecified atom stereocenters. The average molecular weight is 236 g/mol. The lowest BCUT2D eigenvalue weighted by molar-refractivity contribution is -0.136. The van der Waals surface area contributed by atoms with Crippen molar-refractivity contribution < 1.29 is 14.0 Å². The van der Waals surface area contributed by atoms with E-state index in [9.17, 15) is 9.59 Å². The van der Waals surface area contributed by atoms with Crippen molar-refractivity contribution in [3.8, 4) is 0 Å². The maximum atomic E-state index is 11.9. The number of likely N-dealkylation sites (tertiary alicyclic amines) is 1. The summed E-state index contributed by atoms with van der Waals surface area (Å²) < 4.78 is 5.29. The van der Waals surface area contributed by atoms with Gasteiger partial charge in [0.2, 0.25) is 11.8 Å². The third-order valence-corrected chi connectivity index (χ3v) is 3.20. The molecule has 5 heteroatoms. The van der Waals surface area contributed by atoms with Crippen LogP contribution in [-0.4, -0.2) is 29.3 Å². The zero-order chi connectivity index (χ0) is 12.4. The number of rotatable bonds is 4. The highest BCUT2D eigenvalue weighted by Gasteiger charge is 2.37. The summed E-state index contributed by atoms with van der Waals surface area (Å²) in [5.41, 5.74) is 5.30. The Balaban J connectivity index is 2.12. The highest BCUT2D eigenvalue weighted by molar-refractivity contribution is 5.88. The molecule has 1 aromatic rings. The van der Waals surface area contributed by atoms with E-state index in [0.717, 1.165) is 5.76 Å². The van der Waals surface area contributed by atoms with Crippen LogP contribution in [-0.2, 0) is 9.59 Å². The lowest BCUT2D eigenvalue weighted by Crippen LogP contribution is -2.45. The Morgan fingerprint density at radius 1 is 1.71 bits per heavy atom. The van der Waals surface area contributed by atoms with Gasteiger partial charge in [0.05, 0.1) is 6.26 Å². The minimum atomic E-state index is -0.498. The molecule has 2 heterocycles. The van der Waals surface area contributed by atoms with Crippen LogP contribution in [0.1, 0.15) is 31.4 Å². The normalized spacial score (nSPS) is 21.8. The van der Waals surface area contributed by atoms with Gasteiger partial charge >= 0.3 is 0 Å². The molecule has 92 valence electrons. The molecule has 2 N–H and O–H groups in total. The molecule has 0 bridgehead atoms. The van der Waals surface area contributed by atoms with Gasteiger partial charge in [-0.2, -0.15) is 0 Å². The molecule has 1 fully saturated rings. The molecule has 5 nitrogen and oxygen atoms in total. The predicted molar refractivity (Wildman–Crippen MR) is 61.1 cm³/mol. The van der Waals surface area contributed by atoms with Crippen LogP contribution in [0.3, 0.4) is 0 Å². The van der Waals surface area contributed by atoms with Crippen molar-refractivity contribution in [2.75, 3.05) is 6.54 Å². The van der Waals surface area contributed by atoms with E-state index in [-0.39, 0.29) is 11.8 Å². The van der Waals surface area contributed by atoms with Crippen LogP contribution < -0.4 is 5.73 Å². The molecule has 0 aromatic carbocycles. The molecular weight excluding hydrogens is 220 g/mol. The predicted octanol–water partition coefficient (Wildman–Crippen LogP) is 0.859. The summed E-state index contributed by atoms with van der Waals surface area (Å²) in [5, 5.41) is 0. The Bertz CT molecular complexity index is 413. The highest BCUT2D eigenvalue weighted by atomic mass is 16.3. The first-order chi connectivity index (χ1) is 8.13. The summed E-state index contributed by atoms with van der Waals surface area (Å²) in [7, 11) is 0. The first-order valence-electron chi connectivity index (χ1n) is 5.75. The van der Waals surface area contributed by atoms with Crippen molar-refractivity contribution in [3.63, 3.8) is 0 Å². The topological polar surface area (TPSA) is 76.5 Å². The van der Waals surface area contributed by atoms with Crippen molar-refractivity contribution in [1.29, 1.82) is 0 Å². The number of hydrogen-bond acceptors (Lipinski definition) is 3. The number of carbonyl (C=O) groups excluding carboxylic acids is 2. The summed E-state index contributed by atoms with van der Waals surface area (Å²) in [5.74, 6) is 0.351. The number of carbonyl (C=O) groups is 2. The summed E-state index contributed by atoms with van der Waals surface area (Å²) >= 11 is 0. The van der Waals surface area contributed by atoms with Gasteiger partial charge < -0.3 is 15.1 Å². The number of nitrogens with zero attached hydrogens (tertiary/aromatic N) is 1. The lowest BCUT2D eigenvalue weighted by atomic mass is 10.1. The van der Waals surface area contributed by atoms with Gasteiger partial charge in [0, 0.05) is 18.9 Å². The highest BCUT2D eigenvalue weighted by Crippen LogP contribution is 2.30. The molecule has 1 aliphatic heterocycles. The van der Waals surface area contributed by atoms with Crippen LogP contribution in [0.2, 0.25) is 0 Å². The molecule has 0 spiro atoms. The SMILES string of the molecule is CCC(C(N)=O)N1CC(c2ccco2)CC1=O. The lowest BCUT2D eigenvalue weighted by Gasteiger charge is -2.24. The molecule has 2 amide bonds. The summed E-state index contributed by atoms with van der Waals surface area (Å²) in [6, 6.07) is 3.16. The molecule has 0 aliphatic carbocycles. The molecular formula is C12H16N2O3. The van der Waals surface area contributed by atoms with Gasteiger partial charge in [-0.15, -0.1) is 0 Å². The van der Waals surface area contributed by atoms with Gasteiger partial charge in [0.25, 0.3) is 0 Å². The quantitative estimate of drug-likeness (QED) is 0.842. The molecule has 1 aliphatic rings. The second-order valence-corrected chi connectivity index (χ2v) is 4.29. The molecule has 17 heavy (non-hydrogen) atoms. The summed E-state index contributed by atoms with van der Waals surface area (Å²) in [6.45, 7) is 2.36. The van der Waals surface area contributed by atoms with Crippen LogP contribution in [0, 0.1) is 0 Å². The number of amides is 2. The van der Waals surface area contributed by atoms with Crippen molar-refractivity contribution in [2.24, 2.45) is 5.73 Å². The number of furan rings is 1. The van der Waals surface area contributed by atoms with Crippen LogP contribution in [0.5, 0.6) is 0 Å². The largest absolute Gasteiger partial charge is 0.469 e. The van der Waals surface area contributed by atoms with Crippen LogP contribution in [0.15, 0.2) is 22.8 Å². The summed E-state index contributed by atoms with van der Waals surface area (Å²) in [6.07, 6.45) is 2.52. The van der Waals surface area contributed by atoms with E-state index < -0.39 is 11.9 Å². The van der Waals surface area contributed by atoms with Gasteiger partial charge in [0.15, 0.2) is 0 Å². The van der Waals surface area contributed by atoms with Crippen LogP contribution >= 0.6 is 0 Å². The Hall–Kier alpha value is -1.78. The van der Waals surface area contributed by atoms with E-state index in [1.807, 2.05) is 13.0 Å². The Labute approximate surface area is 99.6 Å². The van der Waals surface area contributed by atoms with Gasteiger partial charge in [0.1, 0.15) is 11.8 Å². The van der Waals surface area contributed by atoms with E-state index >= 15 is 0 Å². The Morgan fingerprint density at radius 3 is 3.00 bits per heavy atom. The standard InChI is InChI=1S/C12H16N2O3/c1-2-9(12(13)16)14-7-8(6-11(14)15)10-4-3-5-17-10/h3-5,8-9H,2,6-7H2,1H3,(H2,13,16). The minimum absolute atomic E-state index is 0.0305. The molecule has 2 atom stereocenters.